The third-order valence-corrected chi connectivity index (χ3v) is 4.44. The van der Waals surface area contributed by atoms with E-state index in [2.05, 4.69) is 4.98 Å². The molecule has 0 radical (unpaired) electrons. The molecular weight excluding hydrogens is 269 g/mol. The molecular formula is C14H12NNaO2S. The van der Waals surface area contributed by atoms with Gasteiger partial charge in [0.1, 0.15) is 5.01 Å². The maximum Gasteiger partial charge on any atom is 1.00 e. The number of carbonyl (C=O) groups is 1. The Morgan fingerprint density at radius 3 is 2.74 bits per heavy atom. The van der Waals surface area contributed by atoms with Crippen LogP contribution in [0.25, 0.3) is 10.6 Å². The average Bonchev–Trinajstić information content (AvgIpc) is 2.83. The minimum Gasteiger partial charge on any atom is -0.549 e. The van der Waals surface area contributed by atoms with Gasteiger partial charge in [-0.15, -0.1) is 11.3 Å². The molecule has 1 aromatic heterocycles. The van der Waals surface area contributed by atoms with E-state index in [1.54, 1.807) is 11.3 Å². The van der Waals surface area contributed by atoms with Gasteiger partial charge in [-0.1, -0.05) is 30.3 Å². The van der Waals surface area contributed by atoms with Crippen molar-refractivity contribution in [2.24, 2.45) is 0 Å². The van der Waals surface area contributed by atoms with Crippen LogP contribution in [-0.2, 0) is 11.2 Å². The van der Waals surface area contributed by atoms with Crippen molar-refractivity contribution < 1.29 is 39.5 Å². The molecule has 1 aliphatic carbocycles. The minimum atomic E-state index is -0.999. The molecule has 0 fully saturated rings. The van der Waals surface area contributed by atoms with E-state index >= 15 is 0 Å². The molecule has 19 heavy (non-hydrogen) atoms. The second-order valence-corrected chi connectivity index (χ2v) is 5.54. The standard InChI is InChI=1S/C14H13NO2S.Na/c16-14(17)10-7-4-8-11-12(10)15-13(18-11)9-5-2-1-3-6-9;/h1-3,5-6,10H,4,7-8H2,(H,16,17);/q;+1/p-1. The van der Waals surface area contributed by atoms with E-state index in [-0.39, 0.29) is 29.6 Å². The van der Waals surface area contributed by atoms with E-state index in [0.717, 1.165) is 34.0 Å². The number of benzene rings is 1. The van der Waals surface area contributed by atoms with Gasteiger partial charge in [0, 0.05) is 16.4 Å². The number of hydrogen-bond donors (Lipinski definition) is 0. The molecule has 2 aromatic rings. The normalized spacial score (nSPS) is 17.4. The van der Waals surface area contributed by atoms with Crippen LogP contribution in [0.15, 0.2) is 30.3 Å². The molecule has 1 atom stereocenters. The van der Waals surface area contributed by atoms with Gasteiger partial charge >= 0.3 is 29.6 Å². The largest absolute Gasteiger partial charge is 1.00 e. The molecule has 0 bridgehead atoms. The van der Waals surface area contributed by atoms with Crippen LogP contribution in [0.4, 0.5) is 0 Å². The van der Waals surface area contributed by atoms with Crippen molar-refractivity contribution in [2.75, 3.05) is 0 Å². The van der Waals surface area contributed by atoms with Crippen LogP contribution >= 0.6 is 11.3 Å². The Morgan fingerprint density at radius 1 is 1.32 bits per heavy atom. The van der Waals surface area contributed by atoms with Crippen molar-refractivity contribution in [2.45, 2.75) is 25.2 Å². The molecule has 1 heterocycles. The second-order valence-electron chi connectivity index (χ2n) is 4.46. The minimum absolute atomic E-state index is 0. The topological polar surface area (TPSA) is 53.0 Å². The van der Waals surface area contributed by atoms with Gasteiger partial charge in [-0.2, -0.15) is 0 Å². The van der Waals surface area contributed by atoms with Crippen LogP contribution in [0.1, 0.15) is 29.3 Å². The summed E-state index contributed by atoms with van der Waals surface area (Å²) in [5.41, 5.74) is 1.78. The summed E-state index contributed by atoms with van der Waals surface area (Å²) in [6, 6.07) is 9.88. The molecule has 0 amide bonds. The molecule has 1 aliphatic rings. The molecule has 0 saturated heterocycles. The quantitative estimate of drug-likeness (QED) is 0.662. The fraction of sp³-hybridized carbons (Fsp3) is 0.286. The molecule has 3 rings (SSSR count). The molecule has 0 N–H and O–H groups in total. The summed E-state index contributed by atoms with van der Waals surface area (Å²) in [6.45, 7) is 0. The number of carboxylic acid groups (broad SMARTS) is 1. The first kappa shape index (κ1) is 14.7. The summed E-state index contributed by atoms with van der Waals surface area (Å²) >= 11 is 1.61. The molecule has 1 unspecified atom stereocenters. The molecule has 5 heteroatoms. The van der Waals surface area contributed by atoms with Crippen molar-refractivity contribution in [3.05, 3.63) is 40.9 Å². The fourth-order valence-corrected chi connectivity index (χ4v) is 3.52. The molecule has 0 aliphatic heterocycles. The first-order valence-electron chi connectivity index (χ1n) is 6.01. The Kier molecular flexibility index (Phi) is 4.79. The summed E-state index contributed by atoms with van der Waals surface area (Å²) < 4.78 is 0. The third-order valence-electron chi connectivity index (χ3n) is 3.26. The number of aryl methyl sites for hydroxylation is 1. The maximum absolute atomic E-state index is 11.1. The number of aliphatic carboxylic acids is 1. The van der Waals surface area contributed by atoms with Crippen LogP contribution < -0.4 is 34.7 Å². The van der Waals surface area contributed by atoms with Crippen molar-refractivity contribution in [1.82, 2.24) is 4.98 Å². The fourth-order valence-electron chi connectivity index (χ4n) is 2.35. The van der Waals surface area contributed by atoms with Gasteiger partial charge in [0.05, 0.1) is 11.7 Å². The number of nitrogens with zero attached hydrogens (tertiary/aromatic N) is 1. The van der Waals surface area contributed by atoms with Crippen molar-refractivity contribution in [3.63, 3.8) is 0 Å². The summed E-state index contributed by atoms with van der Waals surface area (Å²) in [7, 11) is 0. The van der Waals surface area contributed by atoms with Gasteiger partial charge in [-0.05, 0) is 19.3 Å². The summed E-state index contributed by atoms with van der Waals surface area (Å²) in [6.07, 6.45) is 2.49. The Balaban J connectivity index is 0.00000133. The molecule has 92 valence electrons. The predicted octanol–water partition coefficient (Wildman–Crippen LogP) is -1.02. The van der Waals surface area contributed by atoms with Gasteiger partial charge in [-0.25, -0.2) is 4.98 Å². The number of carbonyl (C=O) groups excluding carboxylic acids is 1. The van der Waals surface area contributed by atoms with E-state index in [0.29, 0.717) is 6.42 Å². The van der Waals surface area contributed by atoms with Crippen LogP contribution in [-0.4, -0.2) is 11.0 Å². The van der Waals surface area contributed by atoms with Gasteiger partial charge in [0.25, 0.3) is 0 Å². The second kappa shape index (κ2) is 6.18. The van der Waals surface area contributed by atoms with Gasteiger partial charge in [0.2, 0.25) is 0 Å². The maximum atomic E-state index is 11.1. The van der Waals surface area contributed by atoms with Crippen LogP contribution in [0.3, 0.4) is 0 Å². The van der Waals surface area contributed by atoms with Gasteiger partial charge in [0.15, 0.2) is 0 Å². The van der Waals surface area contributed by atoms with Gasteiger partial charge in [-0.3, -0.25) is 0 Å². The SMILES string of the molecule is O=C([O-])C1CCCc2sc(-c3ccccc3)nc21.[Na+]. The Bertz CT molecular complexity index is 582. The first-order chi connectivity index (χ1) is 8.75. The Morgan fingerprint density at radius 2 is 2.05 bits per heavy atom. The number of rotatable bonds is 2. The van der Waals surface area contributed by atoms with Crippen molar-refractivity contribution >= 4 is 17.3 Å². The zero-order chi connectivity index (χ0) is 12.5. The smallest absolute Gasteiger partial charge is 0.549 e. The van der Waals surface area contributed by atoms with E-state index in [1.165, 1.54) is 0 Å². The zero-order valence-corrected chi connectivity index (χ0v) is 13.6. The zero-order valence-electron chi connectivity index (χ0n) is 10.8. The molecule has 3 nitrogen and oxygen atoms in total. The summed E-state index contributed by atoms with van der Waals surface area (Å²) in [5, 5.41) is 12.0. The van der Waals surface area contributed by atoms with Crippen LogP contribution in [0, 0.1) is 0 Å². The first-order valence-corrected chi connectivity index (χ1v) is 6.83. The van der Waals surface area contributed by atoms with Crippen LogP contribution in [0.5, 0.6) is 0 Å². The monoisotopic (exact) mass is 281 g/mol. The van der Waals surface area contributed by atoms with E-state index < -0.39 is 11.9 Å². The van der Waals surface area contributed by atoms with E-state index in [9.17, 15) is 9.90 Å². The van der Waals surface area contributed by atoms with Crippen LogP contribution in [0.2, 0.25) is 0 Å². The Hall–Kier alpha value is -0.680. The predicted molar refractivity (Wildman–Crippen MR) is 68.2 cm³/mol. The third kappa shape index (κ3) is 2.92. The number of thiazole rings is 1. The average molecular weight is 281 g/mol. The molecule has 0 spiro atoms. The number of fused-ring (bicyclic) bond motifs is 1. The van der Waals surface area contributed by atoms with Crippen molar-refractivity contribution in [3.8, 4) is 10.6 Å². The summed E-state index contributed by atoms with van der Waals surface area (Å²) in [5.74, 6) is -1.52. The molecule has 0 saturated carbocycles. The Labute approximate surface area is 138 Å². The van der Waals surface area contributed by atoms with E-state index in [1.807, 2.05) is 30.3 Å². The molecule has 1 aromatic carbocycles. The number of hydrogen-bond acceptors (Lipinski definition) is 4. The van der Waals surface area contributed by atoms with E-state index in [4.69, 9.17) is 0 Å². The summed E-state index contributed by atoms with van der Waals surface area (Å²) in [4.78, 5) is 16.7. The number of aromatic nitrogens is 1. The number of carboxylic acids is 1. The van der Waals surface area contributed by atoms with Gasteiger partial charge < -0.3 is 9.90 Å². The van der Waals surface area contributed by atoms with Crippen molar-refractivity contribution in [1.29, 1.82) is 0 Å².